The highest BCUT2D eigenvalue weighted by molar-refractivity contribution is 14.1. The van der Waals surface area contributed by atoms with E-state index in [9.17, 15) is 14.9 Å². The average Bonchev–Trinajstić information content (AvgIpc) is 2.42. The number of esters is 1. The number of benzene rings is 1. The highest BCUT2D eigenvalue weighted by Crippen LogP contribution is 2.20. The van der Waals surface area contributed by atoms with Crippen molar-refractivity contribution >= 4 is 34.2 Å². The molecule has 0 radical (unpaired) electrons. The van der Waals surface area contributed by atoms with Crippen molar-refractivity contribution in [2.45, 2.75) is 19.8 Å². The van der Waals surface area contributed by atoms with Gasteiger partial charge < -0.3 is 9.47 Å². The van der Waals surface area contributed by atoms with Gasteiger partial charge in [-0.15, -0.1) is 0 Å². The summed E-state index contributed by atoms with van der Waals surface area (Å²) in [5.74, 6) is -0.572. The van der Waals surface area contributed by atoms with Crippen LogP contribution in [0.1, 0.15) is 30.1 Å². The predicted octanol–water partition coefficient (Wildman–Crippen LogP) is 3.17. The molecule has 0 aromatic heterocycles. The molecule has 0 atom stereocenters. The van der Waals surface area contributed by atoms with Gasteiger partial charge in [-0.1, -0.05) is 13.3 Å². The van der Waals surface area contributed by atoms with Crippen LogP contribution >= 0.6 is 22.6 Å². The Hall–Kier alpha value is -1.22. The summed E-state index contributed by atoms with van der Waals surface area (Å²) in [5.41, 5.74) is 0.0740. The maximum absolute atomic E-state index is 11.8. The van der Waals surface area contributed by atoms with Gasteiger partial charge >= 0.3 is 5.97 Å². The second-order valence-corrected chi connectivity index (χ2v) is 5.19. The second kappa shape index (κ2) is 8.85. The van der Waals surface area contributed by atoms with E-state index < -0.39 is 10.9 Å². The zero-order chi connectivity index (χ0) is 15.0. The van der Waals surface area contributed by atoms with Crippen molar-refractivity contribution in [3.63, 3.8) is 0 Å². The summed E-state index contributed by atoms with van der Waals surface area (Å²) >= 11 is 1.94. The van der Waals surface area contributed by atoms with Gasteiger partial charge in [-0.3, -0.25) is 10.1 Å². The van der Waals surface area contributed by atoms with Gasteiger partial charge in [-0.2, -0.15) is 0 Å². The molecular formula is C13H16INO5. The average molecular weight is 393 g/mol. The molecule has 1 rings (SSSR count). The smallest absolute Gasteiger partial charge is 0.339 e. The van der Waals surface area contributed by atoms with Gasteiger partial charge in [0.05, 0.1) is 17.1 Å². The number of hydrogen-bond acceptors (Lipinski definition) is 5. The topological polar surface area (TPSA) is 78.7 Å². The Kier molecular flexibility index (Phi) is 7.45. The van der Waals surface area contributed by atoms with Crippen LogP contribution in [0.4, 0.5) is 5.69 Å². The van der Waals surface area contributed by atoms with Crippen molar-refractivity contribution in [3.8, 4) is 0 Å². The fraction of sp³-hybridized carbons (Fsp3) is 0.462. The number of unbranched alkanes of at least 4 members (excludes halogenated alkanes) is 1. The largest absolute Gasteiger partial charge is 0.460 e. The molecule has 0 unspecified atom stereocenters. The maximum atomic E-state index is 11.8. The number of halogens is 1. The van der Waals surface area contributed by atoms with Gasteiger partial charge in [0.15, 0.2) is 0 Å². The van der Waals surface area contributed by atoms with Crippen LogP contribution < -0.4 is 0 Å². The van der Waals surface area contributed by atoms with E-state index in [0.29, 0.717) is 16.8 Å². The van der Waals surface area contributed by atoms with Crippen LogP contribution in [-0.2, 0) is 9.47 Å². The molecule has 20 heavy (non-hydrogen) atoms. The molecule has 7 heteroatoms. The lowest BCUT2D eigenvalue weighted by atomic mass is 10.2. The van der Waals surface area contributed by atoms with E-state index >= 15 is 0 Å². The molecule has 0 aliphatic rings. The minimum absolute atomic E-state index is 0.128. The summed E-state index contributed by atoms with van der Waals surface area (Å²) in [5, 5.41) is 10.7. The first-order valence-electron chi connectivity index (χ1n) is 6.25. The zero-order valence-corrected chi connectivity index (χ0v) is 13.3. The van der Waals surface area contributed by atoms with Crippen LogP contribution in [0.5, 0.6) is 0 Å². The van der Waals surface area contributed by atoms with Gasteiger partial charge in [0.2, 0.25) is 0 Å². The van der Waals surface area contributed by atoms with Gasteiger partial charge in [0.1, 0.15) is 6.61 Å². The molecule has 0 aliphatic heterocycles. The first-order valence-corrected chi connectivity index (χ1v) is 7.33. The lowest BCUT2D eigenvalue weighted by Crippen LogP contribution is -2.12. The van der Waals surface area contributed by atoms with Crippen LogP contribution in [-0.4, -0.2) is 30.7 Å². The fourth-order valence-corrected chi connectivity index (χ4v) is 1.96. The normalized spacial score (nSPS) is 10.3. The SMILES string of the molecule is CCCCOCCOC(=O)c1cc([N+](=O)[O-])ccc1I. The molecule has 0 aliphatic carbocycles. The number of non-ortho nitro benzene ring substituents is 1. The van der Waals surface area contributed by atoms with Crippen molar-refractivity contribution in [1.29, 1.82) is 0 Å². The number of ether oxygens (including phenoxy) is 2. The lowest BCUT2D eigenvalue weighted by Gasteiger charge is -2.07. The molecule has 0 saturated carbocycles. The first kappa shape index (κ1) is 16.8. The fourth-order valence-electron chi connectivity index (χ4n) is 1.40. The van der Waals surface area contributed by atoms with Crippen molar-refractivity contribution in [1.82, 2.24) is 0 Å². The van der Waals surface area contributed by atoms with Crippen LogP contribution in [0.3, 0.4) is 0 Å². The summed E-state index contributed by atoms with van der Waals surface area (Å²) in [4.78, 5) is 22.0. The first-order chi connectivity index (χ1) is 9.56. The lowest BCUT2D eigenvalue weighted by molar-refractivity contribution is -0.384. The third-order valence-electron chi connectivity index (χ3n) is 2.48. The Morgan fingerprint density at radius 1 is 1.35 bits per heavy atom. The van der Waals surface area contributed by atoms with E-state index in [0.717, 1.165) is 12.8 Å². The Bertz CT molecular complexity index is 478. The van der Waals surface area contributed by atoms with E-state index in [1.165, 1.54) is 18.2 Å². The second-order valence-electron chi connectivity index (χ2n) is 4.02. The Balaban J connectivity index is 2.50. The molecule has 0 saturated heterocycles. The van der Waals surface area contributed by atoms with E-state index in [2.05, 4.69) is 6.92 Å². The summed E-state index contributed by atoms with van der Waals surface area (Å²) in [6, 6.07) is 4.10. The number of carbonyl (C=O) groups is 1. The van der Waals surface area contributed by atoms with E-state index in [1.54, 1.807) is 0 Å². The molecule has 0 spiro atoms. The summed E-state index contributed by atoms with van der Waals surface area (Å²) in [7, 11) is 0. The number of nitro groups is 1. The van der Waals surface area contributed by atoms with Gasteiger partial charge in [0.25, 0.3) is 5.69 Å². The van der Waals surface area contributed by atoms with Gasteiger partial charge in [-0.05, 0) is 35.1 Å². The number of nitrogens with zero attached hydrogens (tertiary/aromatic N) is 1. The van der Waals surface area contributed by atoms with Gasteiger partial charge in [-0.25, -0.2) is 4.79 Å². The van der Waals surface area contributed by atoms with Crippen LogP contribution in [0, 0.1) is 13.7 Å². The van der Waals surface area contributed by atoms with E-state index in [-0.39, 0.29) is 17.9 Å². The molecular weight excluding hydrogens is 377 g/mol. The number of hydrogen-bond donors (Lipinski definition) is 0. The standard InChI is InChI=1S/C13H16INO5/c1-2-3-6-19-7-8-20-13(16)11-9-10(15(17)18)4-5-12(11)14/h4-5,9H,2-3,6-8H2,1H3. The van der Waals surface area contributed by atoms with Gasteiger partial charge in [0, 0.05) is 22.3 Å². The zero-order valence-electron chi connectivity index (χ0n) is 11.1. The van der Waals surface area contributed by atoms with E-state index in [1.807, 2.05) is 22.6 Å². The third-order valence-corrected chi connectivity index (χ3v) is 3.42. The molecule has 0 N–H and O–H groups in total. The minimum atomic E-state index is -0.572. The van der Waals surface area contributed by atoms with Crippen LogP contribution in [0.15, 0.2) is 18.2 Å². The van der Waals surface area contributed by atoms with Crippen molar-refractivity contribution in [2.75, 3.05) is 19.8 Å². The molecule has 0 bridgehead atoms. The van der Waals surface area contributed by atoms with Crippen molar-refractivity contribution < 1.29 is 19.2 Å². The molecule has 1 aromatic rings. The highest BCUT2D eigenvalue weighted by atomic mass is 127. The van der Waals surface area contributed by atoms with E-state index in [4.69, 9.17) is 9.47 Å². The highest BCUT2D eigenvalue weighted by Gasteiger charge is 2.16. The molecule has 1 aromatic carbocycles. The molecule has 110 valence electrons. The predicted molar refractivity (Wildman–Crippen MR) is 81.8 cm³/mol. The Morgan fingerprint density at radius 2 is 2.10 bits per heavy atom. The summed E-state index contributed by atoms with van der Waals surface area (Å²) in [6.45, 7) is 3.18. The monoisotopic (exact) mass is 393 g/mol. The Labute approximate surface area is 130 Å². The van der Waals surface area contributed by atoms with Crippen molar-refractivity contribution in [2.24, 2.45) is 0 Å². The molecule has 6 nitrogen and oxygen atoms in total. The number of rotatable bonds is 8. The summed E-state index contributed by atoms with van der Waals surface area (Å²) in [6.07, 6.45) is 2.02. The molecule has 0 heterocycles. The van der Waals surface area contributed by atoms with Crippen molar-refractivity contribution in [3.05, 3.63) is 37.4 Å². The molecule has 0 amide bonds. The molecule has 0 fully saturated rings. The van der Waals surface area contributed by atoms with Crippen LogP contribution in [0.25, 0.3) is 0 Å². The minimum Gasteiger partial charge on any atom is -0.460 e. The quantitative estimate of drug-likeness (QED) is 0.223. The number of carbonyl (C=O) groups excluding carboxylic acids is 1. The Morgan fingerprint density at radius 3 is 2.75 bits per heavy atom. The maximum Gasteiger partial charge on any atom is 0.339 e. The number of nitro benzene ring substituents is 1. The summed E-state index contributed by atoms with van der Waals surface area (Å²) < 4.78 is 10.9. The third kappa shape index (κ3) is 5.41. The van der Waals surface area contributed by atoms with Crippen LogP contribution in [0.2, 0.25) is 0 Å².